The Morgan fingerprint density at radius 2 is 1.80 bits per heavy atom. The Morgan fingerprint density at radius 1 is 1.04 bits per heavy atom. The Morgan fingerprint density at radius 3 is 2.60 bits per heavy atom. The van der Waals surface area contributed by atoms with Crippen LogP contribution < -0.4 is 5.43 Å². The van der Waals surface area contributed by atoms with Crippen molar-refractivity contribution in [3.8, 4) is 5.69 Å². The van der Waals surface area contributed by atoms with Gasteiger partial charge in [0.15, 0.2) is 0 Å². The number of hydrogen-bond donors (Lipinski definition) is 1. The highest BCUT2D eigenvalue weighted by molar-refractivity contribution is 7.22. The molecule has 0 spiro atoms. The molecule has 0 aliphatic carbocycles. The lowest BCUT2D eigenvalue weighted by atomic mass is 10.2. The highest BCUT2D eigenvalue weighted by atomic mass is 32.1. The molecule has 2 heterocycles. The van der Waals surface area contributed by atoms with Gasteiger partial charge in [-0.2, -0.15) is 5.10 Å². The normalized spacial score (nSPS) is 11.4. The van der Waals surface area contributed by atoms with Gasteiger partial charge in [-0.05, 0) is 43.7 Å². The molecule has 0 fully saturated rings. The molecule has 2 aromatic carbocycles. The van der Waals surface area contributed by atoms with Gasteiger partial charge in [-0.3, -0.25) is 5.43 Å². The van der Waals surface area contributed by atoms with E-state index in [1.807, 2.05) is 42.6 Å². The van der Waals surface area contributed by atoms with Crippen molar-refractivity contribution in [2.45, 2.75) is 13.8 Å². The number of hydrazone groups is 1. The zero-order valence-corrected chi connectivity index (χ0v) is 14.9. The lowest BCUT2D eigenvalue weighted by Gasteiger charge is -2.05. The number of para-hydroxylation sites is 2. The number of aryl methyl sites for hydroxylation is 1. The molecule has 0 aliphatic rings. The summed E-state index contributed by atoms with van der Waals surface area (Å²) in [5, 5.41) is 5.20. The SMILES string of the molecule is Cc1cn(-c2ccccc2)c(C)c1/C=N\Nc1nc2ccccc2s1. The Kier molecular flexibility index (Phi) is 4.07. The minimum Gasteiger partial charge on any atom is -0.320 e. The molecular weight excluding hydrogens is 328 g/mol. The average Bonchev–Trinajstić information content (AvgIpc) is 3.17. The van der Waals surface area contributed by atoms with Crippen LogP contribution in [0.15, 0.2) is 65.9 Å². The molecule has 0 radical (unpaired) electrons. The topological polar surface area (TPSA) is 42.2 Å². The molecular formula is C20H18N4S. The maximum Gasteiger partial charge on any atom is 0.204 e. The standard InChI is InChI=1S/C20H18N4S/c1-14-13-24(16-8-4-3-5-9-16)15(2)17(14)12-21-23-20-22-18-10-6-7-11-19(18)25-20/h3-13H,1-2H3,(H,22,23)/b21-12-. The van der Waals surface area contributed by atoms with E-state index in [-0.39, 0.29) is 0 Å². The number of aromatic nitrogens is 2. The van der Waals surface area contributed by atoms with Crippen molar-refractivity contribution in [1.82, 2.24) is 9.55 Å². The molecule has 4 nitrogen and oxygen atoms in total. The van der Waals surface area contributed by atoms with Crippen LogP contribution in [0.2, 0.25) is 0 Å². The van der Waals surface area contributed by atoms with Gasteiger partial charge in [0.2, 0.25) is 5.13 Å². The minimum absolute atomic E-state index is 0.801. The number of nitrogens with one attached hydrogen (secondary N) is 1. The predicted octanol–water partition coefficient (Wildman–Crippen LogP) is 5.15. The largest absolute Gasteiger partial charge is 0.320 e. The summed E-state index contributed by atoms with van der Waals surface area (Å²) >= 11 is 1.60. The number of rotatable bonds is 4. The van der Waals surface area contributed by atoms with Crippen molar-refractivity contribution in [1.29, 1.82) is 0 Å². The van der Waals surface area contributed by atoms with Gasteiger partial charge in [0.25, 0.3) is 0 Å². The molecule has 0 atom stereocenters. The van der Waals surface area contributed by atoms with Crippen LogP contribution in [0.3, 0.4) is 0 Å². The second kappa shape index (κ2) is 6.53. The zero-order valence-electron chi connectivity index (χ0n) is 14.1. The maximum atomic E-state index is 4.53. The van der Waals surface area contributed by atoms with Gasteiger partial charge < -0.3 is 4.57 Å². The molecule has 0 aliphatic heterocycles. The monoisotopic (exact) mass is 346 g/mol. The molecule has 124 valence electrons. The van der Waals surface area contributed by atoms with Crippen LogP contribution in [0.5, 0.6) is 0 Å². The lowest BCUT2D eigenvalue weighted by molar-refractivity contribution is 1.01. The molecule has 0 unspecified atom stereocenters. The molecule has 4 rings (SSSR count). The molecule has 4 aromatic rings. The van der Waals surface area contributed by atoms with Gasteiger partial charge in [0.05, 0.1) is 16.4 Å². The quantitative estimate of drug-likeness (QED) is 0.410. The first-order valence-electron chi connectivity index (χ1n) is 8.11. The summed E-state index contributed by atoms with van der Waals surface area (Å²) < 4.78 is 3.34. The molecule has 0 amide bonds. The fourth-order valence-electron chi connectivity index (χ4n) is 2.90. The van der Waals surface area contributed by atoms with Gasteiger partial charge in [-0.25, -0.2) is 4.98 Å². The first-order valence-corrected chi connectivity index (χ1v) is 8.92. The van der Waals surface area contributed by atoms with Crippen LogP contribution in [-0.4, -0.2) is 15.8 Å². The van der Waals surface area contributed by atoms with Gasteiger partial charge in [0.1, 0.15) is 0 Å². The Bertz CT molecular complexity index is 1010. The van der Waals surface area contributed by atoms with Crippen LogP contribution in [0, 0.1) is 13.8 Å². The van der Waals surface area contributed by atoms with Crippen molar-refractivity contribution in [2.24, 2.45) is 5.10 Å². The number of anilines is 1. The van der Waals surface area contributed by atoms with E-state index in [2.05, 4.69) is 58.3 Å². The number of nitrogens with zero attached hydrogens (tertiary/aromatic N) is 3. The van der Waals surface area contributed by atoms with Crippen LogP contribution in [0.25, 0.3) is 15.9 Å². The van der Waals surface area contributed by atoms with Gasteiger partial charge in [-0.15, -0.1) is 0 Å². The fourth-order valence-corrected chi connectivity index (χ4v) is 3.71. The number of fused-ring (bicyclic) bond motifs is 1. The predicted molar refractivity (Wildman–Crippen MR) is 106 cm³/mol. The van der Waals surface area contributed by atoms with Gasteiger partial charge >= 0.3 is 0 Å². The summed E-state index contributed by atoms with van der Waals surface area (Å²) in [6, 6.07) is 18.4. The molecule has 5 heteroatoms. The Balaban J connectivity index is 1.58. The van der Waals surface area contributed by atoms with E-state index in [1.165, 1.54) is 11.3 Å². The molecule has 0 saturated carbocycles. The van der Waals surface area contributed by atoms with Crippen molar-refractivity contribution in [2.75, 3.05) is 5.43 Å². The number of benzene rings is 2. The van der Waals surface area contributed by atoms with Crippen molar-refractivity contribution >= 4 is 32.9 Å². The van der Waals surface area contributed by atoms with Crippen molar-refractivity contribution in [3.63, 3.8) is 0 Å². The second-order valence-corrected chi connectivity index (χ2v) is 6.90. The third kappa shape index (κ3) is 3.06. The molecule has 0 bridgehead atoms. The highest BCUT2D eigenvalue weighted by Crippen LogP contribution is 2.25. The lowest BCUT2D eigenvalue weighted by Crippen LogP contribution is -1.96. The van der Waals surface area contributed by atoms with E-state index in [9.17, 15) is 0 Å². The van der Waals surface area contributed by atoms with Gasteiger partial charge in [0, 0.05) is 23.1 Å². The smallest absolute Gasteiger partial charge is 0.204 e. The summed E-state index contributed by atoms with van der Waals surface area (Å²) in [6.07, 6.45) is 4.01. The van der Waals surface area contributed by atoms with E-state index >= 15 is 0 Å². The van der Waals surface area contributed by atoms with Crippen molar-refractivity contribution < 1.29 is 0 Å². The summed E-state index contributed by atoms with van der Waals surface area (Å²) in [4.78, 5) is 4.53. The summed E-state index contributed by atoms with van der Waals surface area (Å²) in [5.41, 5.74) is 8.68. The van der Waals surface area contributed by atoms with Crippen LogP contribution in [-0.2, 0) is 0 Å². The Labute approximate surface area is 150 Å². The van der Waals surface area contributed by atoms with Crippen LogP contribution in [0.1, 0.15) is 16.8 Å². The zero-order chi connectivity index (χ0) is 17.2. The summed E-state index contributed by atoms with van der Waals surface area (Å²) in [7, 11) is 0. The second-order valence-electron chi connectivity index (χ2n) is 5.87. The summed E-state index contributed by atoms with van der Waals surface area (Å²) in [6.45, 7) is 4.21. The molecule has 0 saturated heterocycles. The molecule has 25 heavy (non-hydrogen) atoms. The third-order valence-electron chi connectivity index (χ3n) is 4.18. The number of thiazole rings is 1. The third-order valence-corrected chi connectivity index (χ3v) is 5.12. The van der Waals surface area contributed by atoms with E-state index in [4.69, 9.17) is 0 Å². The van der Waals surface area contributed by atoms with E-state index in [1.54, 1.807) is 11.3 Å². The average molecular weight is 346 g/mol. The number of hydrogen-bond acceptors (Lipinski definition) is 4. The Hall–Kier alpha value is -2.92. The van der Waals surface area contributed by atoms with Crippen LogP contribution in [0.4, 0.5) is 5.13 Å². The maximum absolute atomic E-state index is 4.53. The minimum atomic E-state index is 0.801. The van der Waals surface area contributed by atoms with Crippen LogP contribution >= 0.6 is 11.3 Å². The fraction of sp³-hybridized carbons (Fsp3) is 0.100. The van der Waals surface area contributed by atoms with E-state index < -0.39 is 0 Å². The first-order chi connectivity index (χ1) is 12.2. The first kappa shape index (κ1) is 15.6. The highest BCUT2D eigenvalue weighted by Gasteiger charge is 2.09. The van der Waals surface area contributed by atoms with Crippen molar-refractivity contribution in [3.05, 3.63) is 77.6 Å². The summed E-state index contributed by atoms with van der Waals surface area (Å²) in [5.74, 6) is 0. The van der Waals surface area contributed by atoms with E-state index in [0.717, 1.165) is 26.6 Å². The van der Waals surface area contributed by atoms with Gasteiger partial charge in [-0.1, -0.05) is 41.7 Å². The molecule has 1 N–H and O–H groups in total. The van der Waals surface area contributed by atoms with E-state index in [0.29, 0.717) is 0 Å². The molecule has 2 aromatic heterocycles.